The molecule has 8 nitrogen and oxygen atoms in total. The number of aromatic nitrogens is 2. The van der Waals surface area contributed by atoms with Gasteiger partial charge in [-0.1, -0.05) is 6.92 Å². The fourth-order valence-electron chi connectivity index (χ4n) is 3.41. The van der Waals surface area contributed by atoms with Crippen LogP contribution in [0.2, 0.25) is 0 Å². The van der Waals surface area contributed by atoms with Gasteiger partial charge in [0.1, 0.15) is 10.2 Å². The monoisotopic (exact) mass is 393 g/mol. The molecule has 27 heavy (non-hydrogen) atoms. The number of piperidine rings is 1. The molecule has 2 aromatic heterocycles. The van der Waals surface area contributed by atoms with Crippen LogP contribution in [0.3, 0.4) is 0 Å². The van der Waals surface area contributed by atoms with Gasteiger partial charge in [0.15, 0.2) is 0 Å². The third-order valence-electron chi connectivity index (χ3n) is 4.99. The van der Waals surface area contributed by atoms with E-state index >= 15 is 0 Å². The molecule has 0 radical (unpaired) electrons. The second-order valence-corrected chi connectivity index (χ2v) is 7.77. The van der Waals surface area contributed by atoms with Crippen molar-refractivity contribution in [1.29, 1.82) is 0 Å². The van der Waals surface area contributed by atoms with E-state index < -0.39 is 0 Å². The third kappa shape index (κ3) is 4.48. The summed E-state index contributed by atoms with van der Waals surface area (Å²) in [6.45, 7) is 5.94. The number of ether oxygens (including phenoxy) is 1. The Balaban J connectivity index is 1.60. The molecule has 1 aliphatic heterocycles. The number of likely N-dealkylation sites (tertiary alicyclic amines) is 1. The van der Waals surface area contributed by atoms with Gasteiger partial charge in [0.25, 0.3) is 11.5 Å². The lowest BCUT2D eigenvalue weighted by atomic mass is 10.0. The second kappa shape index (κ2) is 8.81. The fourth-order valence-corrected chi connectivity index (χ4v) is 4.29. The summed E-state index contributed by atoms with van der Waals surface area (Å²) < 4.78 is 6.00. The van der Waals surface area contributed by atoms with Gasteiger partial charge in [-0.3, -0.25) is 14.6 Å². The number of anilines is 1. The first-order chi connectivity index (χ1) is 13.0. The van der Waals surface area contributed by atoms with Gasteiger partial charge >= 0.3 is 0 Å². The zero-order valence-corrected chi connectivity index (χ0v) is 16.7. The van der Waals surface area contributed by atoms with Crippen LogP contribution in [0.4, 0.5) is 5.95 Å². The highest BCUT2D eigenvalue weighted by Gasteiger charge is 2.27. The van der Waals surface area contributed by atoms with Gasteiger partial charge in [0, 0.05) is 37.7 Å². The van der Waals surface area contributed by atoms with Crippen molar-refractivity contribution < 1.29 is 9.53 Å². The lowest BCUT2D eigenvalue weighted by Crippen LogP contribution is -2.46. The minimum atomic E-state index is -0.299. The molecule has 148 valence electrons. The lowest BCUT2D eigenvalue weighted by molar-refractivity contribution is 0.0578. The van der Waals surface area contributed by atoms with Gasteiger partial charge in [-0.15, -0.1) is 11.3 Å². The molecule has 0 saturated carbocycles. The Labute approximate surface area is 162 Å². The smallest absolute Gasteiger partial charge is 0.270 e. The number of nitrogens with two attached hydrogens (primary N) is 1. The Morgan fingerprint density at radius 2 is 2.19 bits per heavy atom. The number of carbonyl (C=O) groups excluding carboxylic acids is 1. The van der Waals surface area contributed by atoms with Crippen molar-refractivity contribution in [3.8, 4) is 0 Å². The van der Waals surface area contributed by atoms with Crippen molar-refractivity contribution in [2.24, 2.45) is 0 Å². The zero-order valence-electron chi connectivity index (χ0n) is 15.9. The molecule has 1 aliphatic rings. The summed E-state index contributed by atoms with van der Waals surface area (Å²) in [6.07, 6.45) is 2.89. The number of fused-ring (bicyclic) bond motifs is 1. The van der Waals surface area contributed by atoms with E-state index in [0.29, 0.717) is 34.9 Å². The molecule has 0 atom stereocenters. The molecule has 0 unspecified atom stereocenters. The number of rotatable bonds is 7. The molecule has 9 heteroatoms. The van der Waals surface area contributed by atoms with Crippen LogP contribution in [0.15, 0.2) is 10.2 Å². The average molecular weight is 394 g/mol. The molecular formula is C18H27N5O3S. The first-order valence-corrected chi connectivity index (χ1v) is 10.2. The van der Waals surface area contributed by atoms with Gasteiger partial charge in [-0.05, 0) is 26.3 Å². The number of aromatic amines is 1. The summed E-state index contributed by atoms with van der Waals surface area (Å²) in [5.74, 6) is -0.0447. The van der Waals surface area contributed by atoms with Crippen LogP contribution < -0.4 is 11.3 Å². The van der Waals surface area contributed by atoms with Crippen molar-refractivity contribution >= 4 is 33.4 Å². The molecule has 0 aliphatic carbocycles. The largest absolute Gasteiger partial charge is 0.380 e. The summed E-state index contributed by atoms with van der Waals surface area (Å²) in [5, 5.41) is 1.71. The van der Waals surface area contributed by atoms with E-state index in [0.717, 1.165) is 39.0 Å². The van der Waals surface area contributed by atoms with Gasteiger partial charge in [-0.2, -0.15) is 0 Å². The van der Waals surface area contributed by atoms with E-state index in [1.165, 1.54) is 11.3 Å². The summed E-state index contributed by atoms with van der Waals surface area (Å²) in [7, 11) is 2.11. The summed E-state index contributed by atoms with van der Waals surface area (Å²) in [6, 6.07) is 0.454. The maximum Gasteiger partial charge on any atom is 0.270 e. The SMILES string of the molecule is CCCOCCN(C)C1CCN(C(=O)c2csc3c(=O)[nH]c(N)nc23)CC1. The van der Waals surface area contributed by atoms with E-state index in [2.05, 4.69) is 28.8 Å². The van der Waals surface area contributed by atoms with Crippen LogP contribution in [-0.2, 0) is 4.74 Å². The predicted molar refractivity (Wildman–Crippen MR) is 107 cm³/mol. The number of nitrogen functional groups attached to an aromatic ring is 1. The van der Waals surface area contributed by atoms with Crippen molar-refractivity contribution in [2.75, 3.05) is 45.6 Å². The normalized spacial score (nSPS) is 15.7. The highest BCUT2D eigenvalue weighted by atomic mass is 32.1. The Morgan fingerprint density at radius 3 is 2.89 bits per heavy atom. The first kappa shape index (κ1) is 19.8. The molecule has 2 aromatic rings. The summed E-state index contributed by atoms with van der Waals surface area (Å²) >= 11 is 1.23. The van der Waals surface area contributed by atoms with Crippen LogP contribution in [-0.4, -0.2) is 71.6 Å². The Hall–Kier alpha value is -1.97. The molecular weight excluding hydrogens is 366 g/mol. The highest BCUT2D eigenvalue weighted by Crippen LogP contribution is 2.25. The van der Waals surface area contributed by atoms with Crippen LogP contribution in [0.5, 0.6) is 0 Å². The maximum atomic E-state index is 12.9. The van der Waals surface area contributed by atoms with E-state index in [1.807, 2.05) is 4.90 Å². The number of amides is 1. The molecule has 3 heterocycles. The number of likely N-dealkylation sites (N-methyl/N-ethyl adjacent to an activating group) is 1. The van der Waals surface area contributed by atoms with Crippen molar-refractivity contribution in [2.45, 2.75) is 32.2 Å². The number of carbonyl (C=O) groups is 1. The van der Waals surface area contributed by atoms with Gasteiger partial charge in [0.2, 0.25) is 5.95 Å². The van der Waals surface area contributed by atoms with Crippen molar-refractivity contribution in [3.05, 3.63) is 21.3 Å². The van der Waals surface area contributed by atoms with E-state index in [-0.39, 0.29) is 17.4 Å². The topological polar surface area (TPSA) is 105 Å². The van der Waals surface area contributed by atoms with E-state index in [9.17, 15) is 9.59 Å². The first-order valence-electron chi connectivity index (χ1n) is 9.35. The van der Waals surface area contributed by atoms with Crippen LogP contribution in [0.1, 0.15) is 36.5 Å². The molecule has 1 saturated heterocycles. The zero-order chi connectivity index (χ0) is 19.4. The van der Waals surface area contributed by atoms with Crippen LogP contribution in [0.25, 0.3) is 10.2 Å². The number of nitrogens with zero attached hydrogens (tertiary/aromatic N) is 3. The van der Waals surface area contributed by atoms with Gasteiger partial charge in [0.05, 0.1) is 12.2 Å². The number of thiophene rings is 1. The number of hydrogen-bond acceptors (Lipinski definition) is 7. The average Bonchev–Trinajstić information content (AvgIpc) is 3.08. The lowest BCUT2D eigenvalue weighted by Gasteiger charge is -2.36. The van der Waals surface area contributed by atoms with Crippen LogP contribution in [0, 0.1) is 0 Å². The summed E-state index contributed by atoms with van der Waals surface area (Å²) in [4.78, 5) is 35.7. The third-order valence-corrected chi connectivity index (χ3v) is 5.96. The standard InChI is InChI=1S/C18H27N5O3S/c1-3-9-26-10-8-22(2)12-4-6-23(7-5-12)17(25)13-11-27-15-14(13)20-18(19)21-16(15)24/h11-12H,3-10H2,1-2H3,(H3,19,20,21,24). The molecule has 1 amide bonds. The minimum absolute atomic E-state index is 0.0329. The number of hydrogen-bond donors (Lipinski definition) is 2. The molecule has 3 rings (SSSR count). The quantitative estimate of drug-likeness (QED) is 0.691. The van der Waals surface area contributed by atoms with Crippen molar-refractivity contribution in [3.63, 3.8) is 0 Å². The number of H-pyrrole nitrogens is 1. The number of nitrogens with one attached hydrogen (secondary N) is 1. The Kier molecular flexibility index (Phi) is 6.46. The molecule has 3 N–H and O–H groups in total. The summed E-state index contributed by atoms with van der Waals surface area (Å²) in [5.41, 5.74) is 6.21. The molecule has 0 bridgehead atoms. The fraction of sp³-hybridized carbons (Fsp3) is 0.611. The maximum absolute atomic E-state index is 12.9. The molecule has 0 aromatic carbocycles. The highest BCUT2D eigenvalue weighted by molar-refractivity contribution is 7.17. The van der Waals surface area contributed by atoms with E-state index in [1.54, 1.807) is 5.38 Å². The molecule has 0 spiro atoms. The predicted octanol–water partition coefficient (Wildman–Crippen LogP) is 1.53. The van der Waals surface area contributed by atoms with Gasteiger partial charge in [-0.25, -0.2) is 4.98 Å². The molecule has 1 fully saturated rings. The Bertz CT molecular complexity index is 841. The van der Waals surface area contributed by atoms with Gasteiger partial charge < -0.3 is 20.3 Å². The Morgan fingerprint density at radius 1 is 1.44 bits per heavy atom. The van der Waals surface area contributed by atoms with E-state index in [4.69, 9.17) is 10.5 Å². The minimum Gasteiger partial charge on any atom is -0.380 e. The van der Waals surface area contributed by atoms with Crippen molar-refractivity contribution in [1.82, 2.24) is 19.8 Å². The van der Waals surface area contributed by atoms with Crippen LogP contribution >= 0.6 is 11.3 Å². The second-order valence-electron chi connectivity index (χ2n) is 6.89.